The lowest BCUT2D eigenvalue weighted by molar-refractivity contribution is 0.575. The number of aromatic amines is 1. The number of nitrogens with two attached hydrogens (primary N) is 1. The lowest BCUT2D eigenvalue weighted by Crippen LogP contribution is -2.40. The first-order chi connectivity index (χ1) is 10.1. The number of nitrogen functional groups attached to an aromatic ring is 1. The van der Waals surface area contributed by atoms with Crippen LogP contribution in [0.15, 0.2) is 15.9 Å². The molecule has 0 atom stereocenters. The van der Waals surface area contributed by atoms with E-state index in [1.165, 1.54) is 17.9 Å². The molecule has 2 aromatic rings. The molecule has 0 fully saturated rings. The summed E-state index contributed by atoms with van der Waals surface area (Å²) in [5.41, 5.74) is 5.31. The van der Waals surface area contributed by atoms with E-state index in [1.54, 1.807) is 0 Å². The average Bonchev–Trinajstić information content (AvgIpc) is 2.98. The van der Waals surface area contributed by atoms with Gasteiger partial charge in [0.05, 0.1) is 6.54 Å². The number of hydrogen-bond donors (Lipinski definition) is 3. The van der Waals surface area contributed by atoms with E-state index in [0.717, 1.165) is 17.4 Å². The van der Waals surface area contributed by atoms with Crippen LogP contribution in [0.4, 0.5) is 11.5 Å². The third kappa shape index (κ3) is 2.96. The molecular formula is C12H19N7O2. The summed E-state index contributed by atoms with van der Waals surface area (Å²) in [5, 5.41) is 9.32. The molecule has 0 spiro atoms. The number of H-pyrrole nitrogens is 1. The average molecular weight is 293 g/mol. The summed E-state index contributed by atoms with van der Waals surface area (Å²) in [5.74, 6) is 0.721. The monoisotopic (exact) mass is 293 g/mol. The van der Waals surface area contributed by atoms with Crippen molar-refractivity contribution in [3.8, 4) is 0 Å². The van der Waals surface area contributed by atoms with Gasteiger partial charge < -0.3 is 11.1 Å². The molecule has 2 aromatic heterocycles. The summed E-state index contributed by atoms with van der Waals surface area (Å²) >= 11 is 0. The zero-order valence-corrected chi connectivity index (χ0v) is 12.1. The summed E-state index contributed by atoms with van der Waals surface area (Å²) in [6.07, 6.45) is 3.11. The van der Waals surface area contributed by atoms with E-state index in [1.807, 2.05) is 6.92 Å². The van der Waals surface area contributed by atoms with Crippen molar-refractivity contribution in [2.45, 2.75) is 32.9 Å². The molecule has 0 aromatic carbocycles. The third-order valence-electron chi connectivity index (χ3n) is 3.22. The van der Waals surface area contributed by atoms with Crippen molar-refractivity contribution < 1.29 is 0 Å². The van der Waals surface area contributed by atoms with Crippen molar-refractivity contribution in [2.75, 3.05) is 11.1 Å². The van der Waals surface area contributed by atoms with Crippen molar-refractivity contribution >= 4 is 11.5 Å². The van der Waals surface area contributed by atoms with Crippen molar-refractivity contribution in [3.63, 3.8) is 0 Å². The predicted octanol–water partition coefficient (Wildman–Crippen LogP) is -0.340. The Morgan fingerprint density at radius 1 is 1.43 bits per heavy atom. The molecule has 0 bridgehead atoms. The molecule has 9 nitrogen and oxygen atoms in total. The SMILES string of the molecule is CCCCn1c(N)c(NCc2ncn[nH]2)c(=O)n(C)c1=O. The Balaban J connectivity index is 2.37. The second kappa shape index (κ2) is 6.25. The van der Waals surface area contributed by atoms with Crippen molar-refractivity contribution in [1.29, 1.82) is 0 Å². The molecule has 0 saturated carbocycles. The molecule has 4 N–H and O–H groups in total. The minimum Gasteiger partial charge on any atom is -0.383 e. The molecule has 0 aliphatic rings. The molecule has 114 valence electrons. The van der Waals surface area contributed by atoms with Crippen molar-refractivity contribution in [3.05, 3.63) is 33.0 Å². The Kier molecular flexibility index (Phi) is 4.41. The number of unbranched alkanes of at least 4 members (excludes halogenated alkanes) is 1. The van der Waals surface area contributed by atoms with E-state index in [0.29, 0.717) is 12.4 Å². The number of hydrogen-bond acceptors (Lipinski definition) is 6. The second-order valence-corrected chi connectivity index (χ2v) is 4.70. The van der Waals surface area contributed by atoms with E-state index in [4.69, 9.17) is 5.73 Å². The van der Waals surface area contributed by atoms with Crippen LogP contribution in [-0.4, -0.2) is 24.3 Å². The molecule has 2 heterocycles. The van der Waals surface area contributed by atoms with Crippen LogP contribution in [0.3, 0.4) is 0 Å². The van der Waals surface area contributed by atoms with E-state index in [2.05, 4.69) is 20.5 Å². The van der Waals surface area contributed by atoms with Gasteiger partial charge in [0, 0.05) is 13.6 Å². The van der Waals surface area contributed by atoms with Crippen LogP contribution in [0.5, 0.6) is 0 Å². The molecule has 0 aliphatic carbocycles. The molecule has 0 unspecified atom stereocenters. The van der Waals surface area contributed by atoms with Crippen LogP contribution in [-0.2, 0) is 20.1 Å². The van der Waals surface area contributed by atoms with Gasteiger partial charge in [-0.05, 0) is 6.42 Å². The predicted molar refractivity (Wildman–Crippen MR) is 79.0 cm³/mol. The topological polar surface area (TPSA) is 124 Å². The maximum absolute atomic E-state index is 12.2. The fourth-order valence-electron chi connectivity index (χ4n) is 1.97. The quantitative estimate of drug-likeness (QED) is 0.669. The van der Waals surface area contributed by atoms with Gasteiger partial charge in [-0.1, -0.05) is 13.3 Å². The summed E-state index contributed by atoms with van der Waals surface area (Å²) in [6, 6.07) is 0. The highest BCUT2D eigenvalue weighted by Crippen LogP contribution is 2.12. The number of nitrogens with one attached hydrogen (secondary N) is 2. The van der Waals surface area contributed by atoms with Crippen LogP contribution < -0.4 is 22.3 Å². The molecule has 2 rings (SSSR count). The van der Waals surface area contributed by atoms with Gasteiger partial charge in [0.25, 0.3) is 5.56 Å². The molecule has 0 amide bonds. The number of nitrogens with zero attached hydrogens (tertiary/aromatic N) is 4. The Morgan fingerprint density at radius 2 is 2.19 bits per heavy atom. The lowest BCUT2D eigenvalue weighted by Gasteiger charge is -2.15. The first-order valence-corrected chi connectivity index (χ1v) is 6.73. The Bertz CT molecular complexity index is 714. The van der Waals surface area contributed by atoms with Gasteiger partial charge in [0.15, 0.2) is 0 Å². The van der Waals surface area contributed by atoms with Gasteiger partial charge in [-0.15, -0.1) is 0 Å². The summed E-state index contributed by atoms with van der Waals surface area (Å²) in [6.45, 7) is 2.77. The fraction of sp³-hybridized carbons (Fsp3) is 0.500. The van der Waals surface area contributed by atoms with Gasteiger partial charge in [-0.3, -0.25) is 19.0 Å². The highest BCUT2D eigenvalue weighted by Gasteiger charge is 2.15. The third-order valence-corrected chi connectivity index (χ3v) is 3.22. The van der Waals surface area contributed by atoms with E-state index >= 15 is 0 Å². The maximum Gasteiger partial charge on any atom is 0.332 e. The van der Waals surface area contributed by atoms with E-state index in [-0.39, 0.29) is 18.1 Å². The molecule has 9 heteroatoms. The largest absolute Gasteiger partial charge is 0.383 e. The highest BCUT2D eigenvalue weighted by molar-refractivity contribution is 5.60. The molecule has 0 saturated heterocycles. The first kappa shape index (κ1) is 14.8. The fourth-order valence-corrected chi connectivity index (χ4v) is 1.97. The number of anilines is 2. The number of rotatable bonds is 6. The van der Waals surface area contributed by atoms with Crippen LogP contribution in [0.1, 0.15) is 25.6 Å². The first-order valence-electron chi connectivity index (χ1n) is 6.73. The van der Waals surface area contributed by atoms with Crippen molar-refractivity contribution in [1.82, 2.24) is 24.3 Å². The van der Waals surface area contributed by atoms with E-state index in [9.17, 15) is 9.59 Å². The summed E-state index contributed by atoms with van der Waals surface area (Å²) in [7, 11) is 1.44. The molecule has 0 radical (unpaired) electrons. The zero-order valence-electron chi connectivity index (χ0n) is 12.1. The smallest absolute Gasteiger partial charge is 0.332 e. The van der Waals surface area contributed by atoms with Gasteiger partial charge in [0.1, 0.15) is 23.7 Å². The zero-order chi connectivity index (χ0) is 15.4. The standard InChI is InChI=1S/C12H19N7O2/c1-3-4-5-19-10(13)9(11(20)18(2)12(19)21)14-6-8-15-7-16-17-8/h7,14H,3-6,13H2,1-2H3,(H,15,16,17). The molecule has 21 heavy (non-hydrogen) atoms. The van der Waals surface area contributed by atoms with Crippen LogP contribution >= 0.6 is 0 Å². The van der Waals surface area contributed by atoms with Gasteiger partial charge >= 0.3 is 5.69 Å². The number of aromatic nitrogens is 5. The van der Waals surface area contributed by atoms with E-state index < -0.39 is 11.2 Å². The summed E-state index contributed by atoms with van der Waals surface area (Å²) < 4.78 is 2.46. The van der Waals surface area contributed by atoms with Crippen LogP contribution in [0, 0.1) is 0 Å². The highest BCUT2D eigenvalue weighted by atomic mass is 16.2. The van der Waals surface area contributed by atoms with Gasteiger partial charge in [-0.2, -0.15) is 5.10 Å². The normalized spacial score (nSPS) is 10.8. The van der Waals surface area contributed by atoms with Gasteiger partial charge in [0.2, 0.25) is 0 Å². The minimum absolute atomic E-state index is 0.149. The second-order valence-electron chi connectivity index (χ2n) is 4.70. The van der Waals surface area contributed by atoms with Crippen molar-refractivity contribution in [2.24, 2.45) is 7.05 Å². The summed E-state index contributed by atoms with van der Waals surface area (Å²) in [4.78, 5) is 28.2. The minimum atomic E-state index is -0.454. The van der Waals surface area contributed by atoms with Gasteiger partial charge in [-0.25, -0.2) is 9.78 Å². The Labute approximate surface area is 120 Å². The van der Waals surface area contributed by atoms with Crippen LogP contribution in [0.2, 0.25) is 0 Å². The molecule has 0 aliphatic heterocycles. The maximum atomic E-state index is 12.2. The molecular weight excluding hydrogens is 274 g/mol. The Morgan fingerprint density at radius 3 is 2.81 bits per heavy atom. The van der Waals surface area contributed by atoms with Crippen LogP contribution in [0.25, 0.3) is 0 Å². The Hall–Kier alpha value is -2.58. The lowest BCUT2D eigenvalue weighted by atomic mass is 10.3.